The Bertz CT molecular complexity index is 635. The van der Waals surface area contributed by atoms with E-state index >= 15 is 0 Å². The van der Waals surface area contributed by atoms with Crippen LogP contribution in [0.3, 0.4) is 0 Å². The monoisotopic (exact) mass is 283 g/mol. The lowest BCUT2D eigenvalue weighted by Crippen LogP contribution is -2.23. The number of carbonyl (C=O) groups is 1. The summed E-state index contributed by atoms with van der Waals surface area (Å²) < 4.78 is 5.12. The molecule has 21 heavy (non-hydrogen) atoms. The number of rotatable bonds is 5. The molecule has 1 N–H and O–H groups in total. The number of aryl methyl sites for hydroxylation is 1. The van der Waals surface area contributed by atoms with E-state index in [9.17, 15) is 4.79 Å². The zero-order valence-electron chi connectivity index (χ0n) is 12.8. The van der Waals surface area contributed by atoms with Crippen LogP contribution in [0.25, 0.3) is 0 Å². The molecule has 0 saturated carbocycles. The molecule has 0 fully saturated rings. The molecule has 0 aliphatic heterocycles. The summed E-state index contributed by atoms with van der Waals surface area (Å²) in [5.74, 6) is -0.0339. The highest BCUT2D eigenvalue weighted by Gasteiger charge is 2.09. The van der Waals surface area contributed by atoms with Crippen LogP contribution in [0.15, 0.2) is 42.5 Å². The summed E-state index contributed by atoms with van der Waals surface area (Å²) in [6.07, 6.45) is 0. The van der Waals surface area contributed by atoms with Crippen LogP contribution in [0.4, 0.5) is 0 Å². The summed E-state index contributed by atoms with van der Waals surface area (Å²) in [5.41, 5.74) is 5.08. The van der Waals surface area contributed by atoms with Gasteiger partial charge in [-0.25, -0.2) is 0 Å². The minimum atomic E-state index is -0.0339. The third-order valence-electron chi connectivity index (χ3n) is 3.60. The van der Waals surface area contributed by atoms with E-state index < -0.39 is 0 Å². The second kappa shape index (κ2) is 7.04. The van der Waals surface area contributed by atoms with Gasteiger partial charge in [0.2, 0.25) is 0 Å². The summed E-state index contributed by atoms with van der Waals surface area (Å²) in [6, 6.07) is 13.8. The predicted octanol–water partition coefficient (Wildman–Crippen LogP) is 3.38. The van der Waals surface area contributed by atoms with Crippen molar-refractivity contribution in [1.29, 1.82) is 0 Å². The van der Waals surface area contributed by atoms with Crippen molar-refractivity contribution in [2.45, 2.75) is 27.0 Å². The maximum Gasteiger partial charge on any atom is 0.251 e. The summed E-state index contributed by atoms with van der Waals surface area (Å²) in [4.78, 5) is 12.3. The summed E-state index contributed by atoms with van der Waals surface area (Å²) in [5, 5.41) is 2.97. The highest BCUT2D eigenvalue weighted by atomic mass is 16.5. The molecule has 0 radical (unpaired) electrons. The Hall–Kier alpha value is -2.13. The first kappa shape index (κ1) is 15.3. The highest BCUT2D eigenvalue weighted by molar-refractivity contribution is 5.95. The molecule has 3 nitrogen and oxygen atoms in total. The van der Waals surface area contributed by atoms with Crippen LogP contribution in [0, 0.1) is 13.8 Å². The smallest absolute Gasteiger partial charge is 0.251 e. The van der Waals surface area contributed by atoms with Crippen molar-refractivity contribution in [3.63, 3.8) is 0 Å². The maximum atomic E-state index is 12.3. The third-order valence-corrected chi connectivity index (χ3v) is 3.60. The van der Waals surface area contributed by atoms with Crippen LogP contribution in [-0.2, 0) is 17.9 Å². The fourth-order valence-corrected chi connectivity index (χ4v) is 2.27. The normalized spacial score (nSPS) is 10.4. The molecule has 0 aliphatic rings. The third kappa shape index (κ3) is 3.92. The molecule has 2 rings (SSSR count). The molecule has 0 saturated heterocycles. The van der Waals surface area contributed by atoms with Crippen molar-refractivity contribution in [1.82, 2.24) is 5.32 Å². The van der Waals surface area contributed by atoms with Gasteiger partial charge in [0.1, 0.15) is 0 Å². The number of methoxy groups -OCH3 is 1. The Labute approximate surface area is 126 Å². The minimum Gasteiger partial charge on any atom is -0.380 e. The Morgan fingerprint density at radius 1 is 1.10 bits per heavy atom. The fraction of sp³-hybridized carbons (Fsp3) is 0.278. The molecule has 2 aromatic rings. The molecule has 0 heterocycles. The number of hydrogen-bond donors (Lipinski definition) is 1. The molecule has 110 valence electrons. The lowest BCUT2D eigenvalue weighted by molar-refractivity contribution is 0.0950. The van der Waals surface area contributed by atoms with Gasteiger partial charge in [0, 0.05) is 19.2 Å². The van der Waals surface area contributed by atoms with Crippen LogP contribution < -0.4 is 5.32 Å². The standard InChI is InChI=1S/C18H21NO2/c1-13-6-4-9-17(14(13)2)18(20)19-11-15-7-5-8-16(10-15)12-21-3/h4-10H,11-12H2,1-3H3,(H,19,20). The van der Waals surface area contributed by atoms with Gasteiger partial charge in [-0.1, -0.05) is 36.4 Å². The van der Waals surface area contributed by atoms with E-state index in [1.54, 1.807) is 7.11 Å². The minimum absolute atomic E-state index is 0.0339. The van der Waals surface area contributed by atoms with Crippen LogP contribution >= 0.6 is 0 Å². The lowest BCUT2D eigenvalue weighted by Gasteiger charge is -2.10. The number of benzene rings is 2. The van der Waals surface area contributed by atoms with Gasteiger partial charge in [-0.2, -0.15) is 0 Å². The van der Waals surface area contributed by atoms with Gasteiger partial charge in [0.25, 0.3) is 5.91 Å². The molecule has 0 atom stereocenters. The maximum absolute atomic E-state index is 12.3. The molecule has 0 aliphatic carbocycles. The van der Waals surface area contributed by atoms with Gasteiger partial charge in [-0.3, -0.25) is 4.79 Å². The number of nitrogens with one attached hydrogen (secondary N) is 1. The van der Waals surface area contributed by atoms with Gasteiger partial charge in [0.15, 0.2) is 0 Å². The van der Waals surface area contributed by atoms with Crippen LogP contribution in [-0.4, -0.2) is 13.0 Å². The van der Waals surface area contributed by atoms with Crippen molar-refractivity contribution in [3.8, 4) is 0 Å². The van der Waals surface area contributed by atoms with Crippen LogP contribution in [0.1, 0.15) is 32.6 Å². The molecular weight excluding hydrogens is 262 g/mol. The molecule has 0 bridgehead atoms. The second-order valence-corrected chi connectivity index (χ2v) is 5.18. The quantitative estimate of drug-likeness (QED) is 0.913. The number of carbonyl (C=O) groups excluding carboxylic acids is 1. The molecule has 1 amide bonds. The first-order valence-electron chi connectivity index (χ1n) is 7.03. The zero-order chi connectivity index (χ0) is 15.2. The topological polar surface area (TPSA) is 38.3 Å². The van der Waals surface area contributed by atoms with Gasteiger partial charge in [-0.05, 0) is 42.2 Å². The number of hydrogen-bond acceptors (Lipinski definition) is 2. The van der Waals surface area contributed by atoms with Gasteiger partial charge in [-0.15, -0.1) is 0 Å². The summed E-state index contributed by atoms with van der Waals surface area (Å²) in [6.45, 7) is 5.09. The van der Waals surface area contributed by atoms with E-state index in [1.807, 2.05) is 56.3 Å². The second-order valence-electron chi connectivity index (χ2n) is 5.18. The van der Waals surface area contributed by atoms with Crippen molar-refractivity contribution in [2.24, 2.45) is 0 Å². The van der Waals surface area contributed by atoms with E-state index in [1.165, 1.54) is 0 Å². The molecule has 0 aromatic heterocycles. The van der Waals surface area contributed by atoms with E-state index in [2.05, 4.69) is 5.32 Å². The number of ether oxygens (including phenoxy) is 1. The van der Waals surface area contributed by atoms with Crippen LogP contribution in [0.2, 0.25) is 0 Å². The summed E-state index contributed by atoms with van der Waals surface area (Å²) >= 11 is 0. The Kier molecular flexibility index (Phi) is 5.12. The van der Waals surface area contributed by atoms with Gasteiger partial charge < -0.3 is 10.1 Å². The Morgan fingerprint density at radius 3 is 2.57 bits per heavy atom. The number of amides is 1. The SMILES string of the molecule is COCc1cccc(CNC(=O)c2cccc(C)c2C)c1. The summed E-state index contributed by atoms with van der Waals surface area (Å²) in [7, 11) is 1.68. The van der Waals surface area contributed by atoms with Gasteiger partial charge >= 0.3 is 0 Å². The van der Waals surface area contributed by atoms with Crippen molar-refractivity contribution >= 4 is 5.91 Å². The largest absolute Gasteiger partial charge is 0.380 e. The van der Waals surface area contributed by atoms with Crippen molar-refractivity contribution in [2.75, 3.05) is 7.11 Å². The Balaban J connectivity index is 2.04. The van der Waals surface area contributed by atoms with Gasteiger partial charge in [0.05, 0.1) is 6.61 Å². The molecule has 3 heteroatoms. The van der Waals surface area contributed by atoms with Crippen molar-refractivity contribution < 1.29 is 9.53 Å². The zero-order valence-corrected chi connectivity index (χ0v) is 12.8. The average molecular weight is 283 g/mol. The average Bonchev–Trinajstić information content (AvgIpc) is 2.48. The molecular formula is C18H21NO2. The van der Waals surface area contributed by atoms with E-state index in [0.717, 1.165) is 27.8 Å². The van der Waals surface area contributed by atoms with Crippen LogP contribution in [0.5, 0.6) is 0 Å². The molecule has 0 spiro atoms. The van der Waals surface area contributed by atoms with E-state index in [0.29, 0.717) is 13.2 Å². The first-order valence-corrected chi connectivity index (χ1v) is 7.03. The fourth-order valence-electron chi connectivity index (χ4n) is 2.27. The molecule has 2 aromatic carbocycles. The Morgan fingerprint density at radius 2 is 1.81 bits per heavy atom. The predicted molar refractivity (Wildman–Crippen MR) is 84.2 cm³/mol. The lowest BCUT2D eigenvalue weighted by atomic mass is 10.0. The highest BCUT2D eigenvalue weighted by Crippen LogP contribution is 2.13. The van der Waals surface area contributed by atoms with E-state index in [4.69, 9.17) is 4.74 Å². The van der Waals surface area contributed by atoms with Crippen molar-refractivity contribution in [3.05, 3.63) is 70.3 Å². The first-order chi connectivity index (χ1) is 10.1. The van der Waals surface area contributed by atoms with E-state index in [-0.39, 0.29) is 5.91 Å². The molecule has 0 unspecified atom stereocenters.